The third kappa shape index (κ3) is 3.36. The smallest absolute Gasteiger partial charge is 0.261 e. The molecule has 5 rings (SSSR count). The van der Waals surface area contributed by atoms with E-state index in [1.165, 1.54) is 12.3 Å². The lowest BCUT2D eigenvalue weighted by Crippen LogP contribution is -2.33. The van der Waals surface area contributed by atoms with Crippen LogP contribution in [-0.2, 0) is 11.2 Å². The zero-order chi connectivity index (χ0) is 20.7. The lowest BCUT2D eigenvalue weighted by atomic mass is 9.96. The quantitative estimate of drug-likeness (QED) is 0.418. The van der Waals surface area contributed by atoms with Gasteiger partial charge in [0.05, 0.1) is 23.8 Å². The summed E-state index contributed by atoms with van der Waals surface area (Å²) in [6, 6.07) is 12.6. The summed E-state index contributed by atoms with van der Waals surface area (Å²) in [5.74, 6) is -0.521. The zero-order valence-electron chi connectivity index (χ0n) is 16.2. The number of hydrogen-bond donors (Lipinski definition) is 1. The van der Waals surface area contributed by atoms with Gasteiger partial charge in [-0.05, 0) is 41.5 Å². The summed E-state index contributed by atoms with van der Waals surface area (Å²) in [4.78, 5) is 21.7. The van der Waals surface area contributed by atoms with Crippen molar-refractivity contribution in [1.29, 1.82) is 0 Å². The average Bonchev–Trinajstić information content (AvgIpc) is 2.76. The molecule has 4 aromatic rings. The maximum Gasteiger partial charge on any atom is 0.261 e. The third-order valence-corrected chi connectivity index (χ3v) is 5.69. The van der Waals surface area contributed by atoms with Gasteiger partial charge in [0.25, 0.3) is 5.56 Å². The minimum atomic E-state index is -0.871. The van der Waals surface area contributed by atoms with Gasteiger partial charge in [-0.25, -0.2) is 9.97 Å². The molecule has 1 aliphatic heterocycles. The molecule has 30 heavy (non-hydrogen) atoms. The second-order valence-electron chi connectivity index (χ2n) is 7.60. The van der Waals surface area contributed by atoms with Crippen LogP contribution in [0.4, 0.5) is 4.39 Å². The first-order valence-electron chi connectivity index (χ1n) is 9.92. The number of hydrogen-bond acceptors (Lipinski definition) is 5. The van der Waals surface area contributed by atoms with E-state index in [-0.39, 0.29) is 11.6 Å². The van der Waals surface area contributed by atoms with Crippen molar-refractivity contribution in [2.45, 2.75) is 31.6 Å². The molecule has 3 heterocycles. The first-order chi connectivity index (χ1) is 14.6. The van der Waals surface area contributed by atoms with Crippen LogP contribution < -0.4 is 5.56 Å². The van der Waals surface area contributed by atoms with Crippen molar-refractivity contribution in [3.8, 4) is 0 Å². The minimum Gasteiger partial charge on any atom is -0.368 e. The van der Waals surface area contributed by atoms with Crippen molar-refractivity contribution in [2.75, 3.05) is 6.61 Å². The normalized spacial score (nSPS) is 19.4. The van der Waals surface area contributed by atoms with Crippen molar-refractivity contribution < 1.29 is 14.2 Å². The van der Waals surface area contributed by atoms with Crippen LogP contribution in [0.2, 0.25) is 0 Å². The molecular weight excluding hydrogens is 385 g/mol. The Kier molecular flexibility index (Phi) is 4.77. The minimum absolute atomic E-state index is 0.136. The van der Waals surface area contributed by atoms with E-state index in [1.54, 1.807) is 17.0 Å². The Labute approximate surface area is 171 Å². The molecule has 0 bridgehead atoms. The Bertz CT molecular complexity index is 1290. The van der Waals surface area contributed by atoms with Gasteiger partial charge in [-0.1, -0.05) is 30.3 Å². The van der Waals surface area contributed by atoms with Gasteiger partial charge >= 0.3 is 0 Å². The Balaban J connectivity index is 1.68. The topological polar surface area (TPSA) is 77.2 Å². The van der Waals surface area contributed by atoms with E-state index in [0.717, 1.165) is 21.9 Å². The van der Waals surface area contributed by atoms with Crippen LogP contribution in [-0.4, -0.2) is 32.5 Å². The van der Waals surface area contributed by atoms with Gasteiger partial charge in [0.1, 0.15) is 0 Å². The fourth-order valence-corrected chi connectivity index (χ4v) is 4.20. The second kappa shape index (κ2) is 7.59. The SMILES string of the molecule is O=c1c2cc(Cc3ccc(F)nc3)c3ccccc3c2ncn1C1CCOC(O)C1. The molecule has 2 atom stereocenters. The van der Waals surface area contributed by atoms with Gasteiger partial charge in [0.2, 0.25) is 5.95 Å². The van der Waals surface area contributed by atoms with E-state index in [9.17, 15) is 14.3 Å². The van der Waals surface area contributed by atoms with Gasteiger partial charge in [0, 0.05) is 24.0 Å². The Hall–Kier alpha value is -3.16. The second-order valence-corrected chi connectivity index (χ2v) is 7.60. The van der Waals surface area contributed by atoms with Crippen molar-refractivity contribution in [1.82, 2.24) is 14.5 Å². The highest BCUT2D eigenvalue weighted by Gasteiger charge is 2.24. The summed E-state index contributed by atoms with van der Waals surface area (Å²) in [6.07, 6.45) is 3.74. The summed E-state index contributed by atoms with van der Waals surface area (Å²) >= 11 is 0. The summed E-state index contributed by atoms with van der Waals surface area (Å²) in [5, 5.41) is 12.3. The Morgan fingerprint density at radius 1 is 1.13 bits per heavy atom. The van der Waals surface area contributed by atoms with Crippen LogP contribution in [0.3, 0.4) is 0 Å². The molecule has 2 unspecified atom stereocenters. The van der Waals surface area contributed by atoms with Crippen molar-refractivity contribution in [2.24, 2.45) is 0 Å². The molecule has 1 N–H and O–H groups in total. The number of pyridine rings is 1. The molecule has 6 nitrogen and oxygen atoms in total. The summed E-state index contributed by atoms with van der Waals surface area (Å²) < 4.78 is 20.0. The van der Waals surface area contributed by atoms with E-state index < -0.39 is 12.2 Å². The number of aliphatic hydroxyl groups is 1. The number of fused-ring (bicyclic) bond motifs is 3. The fraction of sp³-hybridized carbons (Fsp3) is 0.261. The first-order valence-corrected chi connectivity index (χ1v) is 9.92. The zero-order valence-corrected chi connectivity index (χ0v) is 16.2. The Morgan fingerprint density at radius 3 is 2.73 bits per heavy atom. The van der Waals surface area contributed by atoms with Crippen LogP contribution in [0.1, 0.15) is 30.0 Å². The van der Waals surface area contributed by atoms with E-state index in [0.29, 0.717) is 36.8 Å². The van der Waals surface area contributed by atoms with Crippen molar-refractivity contribution >= 4 is 21.7 Å². The molecule has 0 spiro atoms. The van der Waals surface area contributed by atoms with Crippen LogP contribution in [0, 0.1) is 5.95 Å². The molecule has 2 aromatic carbocycles. The lowest BCUT2D eigenvalue weighted by molar-refractivity contribution is -0.136. The first kappa shape index (κ1) is 18.8. The van der Waals surface area contributed by atoms with Gasteiger partial charge in [-0.2, -0.15) is 4.39 Å². The molecule has 152 valence electrons. The Morgan fingerprint density at radius 2 is 1.97 bits per heavy atom. The number of aliphatic hydroxyl groups excluding tert-OH is 1. The van der Waals surface area contributed by atoms with Crippen LogP contribution in [0.15, 0.2) is 59.8 Å². The number of nitrogens with zero attached hydrogens (tertiary/aromatic N) is 3. The molecule has 1 fully saturated rings. The van der Waals surface area contributed by atoms with E-state index in [1.807, 2.05) is 30.3 Å². The predicted molar refractivity (Wildman–Crippen MR) is 111 cm³/mol. The maximum atomic E-state index is 13.4. The highest BCUT2D eigenvalue weighted by molar-refractivity contribution is 6.06. The summed E-state index contributed by atoms with van der Waals surface area (Å²) in [7, 11) is 0. The summed E-state index contributed by atoms with van der Waals surface area (Å²) in [6.45, 7) is 0.400. The monoisotopic (exact) mass is 405 g/mol. The highest BCUT2D eigenvalue weighted by atomic mass is 19.1. The largest absolute Gasteiger partial charge is 0.368 e. The molecule has 0 amide bonds. The molecule has 0 saturated carbocycles. The molecule has 2 aromatic heterocycles. The third-order valence-electron chi connectivity index (χ3n) is 5.69. The molecule has 1 aliphatic rings. The van der Waals surface area contributed by atoms with Gasteiger partial charge < -0.3 is 9.84 Å². The number of ether oxygens (including phenoxy) is 1. The van der Waals surface area contributed by atoms with Crippen molar-refractivity contribution in [3.63, 3.8) is 0 Å². The van der Waals surface area contributed by atoms with Gasteiger partial charge in [-0.15, -0.1) is 0 Å². The molecule has 1 saturated heterocycles. The fourth-order valence-electron chi connectivity index (χ4n) is 4.20. The number of halogens is 1. The number of aromatic nitrogens is 3. The van der Waals surface area contributed by atoms with Crippen LogP contribution in [0.25, 0.3) is 21.7 Å². The van der Waals surface area contributed by atoms with E-state index >= 15 is 0 Å². The van der Waals surface area contributed by atoms with Gasteiger partial charge in [0.15, 0.2) is 6.29 Å². The maximum absolute atomic E-state index is 13.4. The molecular formula is C23H20FN3O3. The summed E-state index contributed by atoms with van der Waals surface area (Å²) in [5.41, 5.74) is 2.33. The molecule has 7 heteroatoms. The van der Waals surface area contributed by atoms with E-state index in [4.69, 9.17) is 4.74 Å². The predicted octanol–water partition coefficient (Wildman–Crippen LogP) is 3.34. The lowest BCUT2D eigenvalue weighted by Gasteiger charge is -2.27. The molecule has 0 aliphatic carbocycles. The van der Waals surface area contributed by atoms with Crippen LogP contribution >= 0.6 is 0 Å². The highest BCUT2D eigenvalue weighted by Crippen LogP contribution is 2.29. The van der Waals surface area contributed by atoms with Crippen LogP contribution in [0.5, 0.6) is 0 Å². The average molecular weight is 405 g/mol. The number of benzene rings is 2. The van der Waals surface area contributed by atoms with Gasteiger partial charge in [-0.3, -0.25) is 9.36 Å². The van der Waals surface area contributed by atoms with Crippen molar-refractivity contribution in [3.05, 3.63) is 82.4 Å². The van der Waals surface area contributed by atoms with E-state index in [2.05, 4.69) is 9.97 Å². The standard InChI is InChI=1S/C23H20FN3O3/c24-20-6-5-14(12-25-20)9-15-10-19-22(18-4-2-1-3-17(15)18)26-13-27(23(19)29)16-7-8-30-21(28)11-16/h1-6,10,12-13,16,21,28H,7-9,11H2. The number of rotatable bonds is 3. The molecule has 0 radical (unpaired) electrons.